The van der Waals surface area contributed by atoms with Crippen molar-refractivity contribution in [3.05, 3.63) is 36.2 Å². The lowest BCUT2D eigenvalue weighted by Crippen LogP contribution is -2.20. The smallest absolute Gasteiger partial charge is 0.143 e. The number of benzene rings is 1. The molecule has 5 heteroatoms. The largest absolute Gasteiger partial charge is 0.489 e. The summed E-state index contributed by atoms with van der Waals surface area (Å²) in [6.45, 7) is 9.13. The number of para-hydroxylation sites is 2. The van der Waals surface area contributed by atoms with Crippen LogP contribution in [0.2, 0.25) is 0 Å². The van der Waals surface area contributed by atoms with Crippen molar-refractivity contribution in [1.82, 2.24) is 9.97 Å². The molecule has 5 nitrogen and oxygen atoms in total. The number of nitrogens with one attached hydrogen (secondary N) is 1. The molecule has 24 heavy (non-hydrogen) atoms. The summed E-state index contributed by atoms with van der Waals surface area (Å²) < 4.78 is 5.86. The number of hydrogen-bond acceptors (Lipinski definition) is 5. The molecular formula is C19H28N4O. The third-order valence-corrected chi connectivity index (χ3v) is 3.58. The molecule has 0 aliphatic rings. The Labute approximate surface area is 145 Å². The van der Waals surface area contributed by atoms with Gasteiger partial charge in [-0.3, -0.25) is 0 Å². The van der Waals surface area contributed by atoms with E-state index in [2.05, 4.69) is 34.2 Å². The molecule has 130 valence electrons. The van der Waals surface area contributed by atoms with Gasteiger partial charge in [0, 0.05) is 19.7 Å². The summed E-state index contributed by atoms with van der Waals surface area (Å²) in [5.41, 5.74) is 0.909. The highest BCUT2D eigenvalue weighted by Crippen LogP contribution is 2.28. The molecule has 0 radical (unpaired) electrons. The van der Waals surface area contributed by atoms with Crippen LogP contribution in [0.4, 0.5) is 17.3 Å². The van der Waals surface area contributed by atoms with Crippen LogP contribution in [-0.4, -0.2) is 29.7 Å². The van der Waals surface area contributed by atoms with E-state index in [-0.39, 0.29) is 6.10 Å². The molecule has 0 fully saturated rings. The Hall–Kier alpha value is -2.30. The Kier molecular flexibility index (Phi) is 6.41. The lowest BCUT2D eigenvalue weighted by molar-refractivity contribution is 0.244. The van der Waals surface area contributed by atoms with Crippen molar-refractivity contribution in [3.8, 4) is 5.75 Å². The van der Waals surface area contributed by atoms with Crippen LogP contribution in [0.5, 0.6) is 5.75 Å². The average molecular weight is 328 g/mol. The topological polar surface area (TPSA) is 50.3 Å². The molecule has 1 aromatic heterocycles. The van der Waals surface area contributed by atoms with Crippen LogP contribution in [0, 0.1) is 6.92 Å². The number of unbranched alkanes of at least 4 members (excludes halogenated alkanes) is 1. The number of ether oxygens (including phenoxy) is 1. The molecule has 0 aliphatic carbocycles. The second-order valence-electron chi connectivity index (χ2n) is 6.22. The molecule has 0 amide bonds. The van der Waals surface area contributed by atoms with Gasteiger partial charge in [0.25, 0.3) is 0 Å². The molecule has 1 heterocycles. The Morgan fingerprint density at radius 2 is 1.96 bits per heavy atom. The lowest BCUT2D eigenvalue weighted by Gasteiger charge is -2.20. The van der Waals surface area contributed by atoms with Gasteiger partial charge in [0.05, 0.1) is 11.8 Å². The Balaban J connectivity index is 2.22. The predicted molar refractivity (Wildman–Crippen MR) is 100 cm³/mol. The molecule has 0 spiro atoms. The van der Waals surface area contributed by atoms with E-state index < -0.39 is 0 Å². The normalized spacial score (nSPS) is 10.8. The summed E-state index contributed by atoms with van der Waals surface area (Å²) >= 11 is 0. The summed E-state index contributed by atoms with van der Waals surface area (Å²) in [6, 6.07) is 9.89. The highest BCUT2D eigenvalue weighted by Gasteiger charge is 2.09. The fourth-order valence-electron chi connectivity index (χ4n) is 2.39. The van der Waals surface area contributed by atoms with Crippen molar-refractivity contribution in [3.63, 3.8) is 0 Å². The highest BCUT2D eigenvalue weighted by atomic mass is 16.5. The van der Waals surface area contributed by atoms with E-state index in [1.807, 2.05) is 51.1 Å². The Morgan fingerprint density at radius 3 is 2.67 bits per heavy atom. The maximum atomic E-state index is 5.86. The first-order chi connectivity index (χ1) is 11.5. The number of aromatic nitrogens is 2. The molecule has 2 aromatic rings. The van der Waals surface area contributed by atoms with Crippen molar-refractivity contribution in [2.45, 2.75) is 46.6 Å². The van der Waals surface area contributed by atoms with Crippen LogP contribution in [-0.2, 0) is 0 Å². The second-order valence-corrected chi connectivity index (χ2v) is 6.22. The van der Waals surface area contributed by atoms with E-state index in [1.54, 1.807) is 0 Å². The van der Waals surface area contributed by atoms with Crippen LogP contribution >= 0.6 is 0 Å². The minimum Gasteiger partial charge on any atom is -0.489 e. The van der Waals surface area contributed by atoms with E-state index in [0.29, 0.717) is 0 Å². The van der Waals surface area contributed by atoms with Gasteiger partial charge in [0.2, 0.25) is 0 Å². The first kappa shape index (κ1) is 18.0. The minimum absolute atomic E-state index is 0.121. The summed E-state index contributed by atoms with van der Waals surface area (Å²) in [5, 5.41) is 3.37. The van der Waals surface area contributed by atoms with Gasteiger partial charge in [-0.15, -0.1) is 0 Å². The first-order valence-electron chi connectivity index (χ1n) is 8.59. The first-order valence-corrected chi connectivity index (χ1v) is 8.59. The molecule has 0 saturated carbocycles. The summed E-state index contributed by atoms with van der Waals surface area (Å²) in [5.74, 6) is 3.28. The summed E-state index contributed by atoms with van der Waals surface area (Å²) in [7, 11) is 2.07. The fraction of sp³-hybridized carbons (Fsp3) is 0.474. The molecular weight excluding hydrogens is 300 g/mol. The summed E-state index contributed by atoms with van der Waals surface area (Å²) in [6.07, 6.45) is 2.43. The van der Waals surface area contributed by atoms with Gasteiger partial charge in [-0.05, 0) is 39.3 Å². The predicted octanol–water partition coefficient (Wildman–Crippen LogP) is 4.55. The van der Waals surface area contributed by atoms with Crippen LogP contribution in [0.15, 0.2) is 30.3 Å². The van der Waals surface area contributed by atoms with E-state index in [9.17, 15) is 0 Å². The zero-order valence-electron chi connectivity index (χ0n) is 15.3. The number of rotatable bonds is 8. The number of aryl methyl sites for hydroxylation is 1. The van der Waals surface area contributed by atoms with Crippen LogP contribution < -0.4 is 15.0 Å². The zero-order valence-corrected chi connectivity index (χ0v) is 15.3. The Bertz CT molecular complexity index is 658. The van der Waals surface area contributed by atoms with Gasteiger partial charge in [-0.1, -0.05) is 25.5 Å². The molecule has 1 aromatic carbocycles. The molecule has 0 bridgehead atoms. The quantitative estimate of drug-likeness (QED) is 0.770. The maximum absolute atomic E-state index is 5.86. The van der Waals surface area contributed by atoms with Gasteiger partial charge in [0.1, 0.15) is 23.2 Å². The van der Waals surface area contributed by atoms with Crippen molar-refractivity contribution >= 4 is 17.3 Å². The van der Waals surface area contributed by atoms with Gasteiger partial charge < -0.3 is 15.0 Å². The van der Waals surface area contributed by atoms with Crippen molar-refractivity contribution in [2.75, 3.05) is 23.8 Å². The maximum Gasteiger partial charge on any atom is 0.143 e. The van der Waals surface area contributed by atoms with Crippen molar-refractivity contribution in [1.29, 1.82) is 0 Å². The van der Waals surface area contributed by atoms with Gasteiger partial charge in [-0.2, -0.15) is 0 Å². The lowest BCUT2D eigenvalue weighted by atomic mass is 10.3. The molecule has 2 rings (SSSR count). The minimum atomic E-state index is 0.121. The number of nitrogens with zero attached hydrogens (tertiary/aromatic N) is 3. The molecule has 0 atom stereocenters. The molecule has 0 aliphatic heterocycles. The molecule has 0 unspecified atom stereocenters. The monoisotopic (exact) mass is 328 g/mol. The van der Waals surface area contributed by atoms with E-state index in [0.717, 1.165) is 41.9 Å². The molecule has 1 N–H and O–H groups in total. The van der Waals surface area contributed by atoms with Gasteiger partial charge in [-0.25, -0.2) is 9.97 Å². The SMILES string of the molecule is CCCCN(C)c1cc(Nc2ccccc2OC(C)C)nc(C)n1. The van der Waals surface area contributed by atoms with Gasteiger partial charge in [0.15, 0.2) is 0 Å². The van der Waals surface area contributed by atoms with E-state index >= 15 is 0 Å². The third kappa shape index (κ3) is 5.11. The fourth-order valence-corrected chi connectivity index (χ4v) is 2.39. The van der Waals surface area contributed by atoms with Crippen LogP contribution in [0.3, 0.4) is 0 Å². The molecule has 0 saturated heterocycles. The summed E-state index contributed by atoms with van der Waals surface area (Å²) in [4.78, 5) is 11.2. The van der Waals surface area contributed by atoms with E-state index in [4.69, 9.17) is 4.74 Å². The zero-order chi connectivity index (χ0) is 17.5. The highest BCUT2D eigenvalue weighted by molar-refractivity contribution is 5.65. The standard InChI is InChI=1S/C19H28N4O/c1-6-7-12-23(5)19-13-18(20-15(4)21-19)22-16-10-8-9-11-17(16)24-14(2)3/h8-11,13-14H,6-7,12H2,1-5H3,(H,20,21,22). The van der Waals surface area contributed by atoms with Crippen LogP contribution in [0.25, 0.3) is 0 Å². The average Bonchev–Trinajstić information content (AvgIpc) is 2.53. The van der Waals surface area contributed by atoms with E-state index in [1.165, 1.54) is 6.42 Å². The number of hydrogen-bond donors (Lipinski definition) is 1. The van der Waals surface area contributed by atoms with Gasteiger partial charge >= 0.3 is 0 Å². The number of anilines is 3. The second kappa shape index (κ2) is 8.52. The van der Waals surface area contributed by atoms with Crippen molar-refractivity contribution in [2.24, 2.45) is 0 Å². The third-order valence-electron chi connectivity index (χ3n) is 3.58. The Morgan fingerprint density at radius 1 is 1.21 bits per heavy atom. The van der Waals surface area contributed by atoms with Crippen molar-refractivity contribution < 1.29 is 4.74 Å². The van der Waals surface area contributed by atoms with Crippen LogP contribution in [0.1, 0.15) is 39.4 Å².